The van der Waals surface area contributed by atoms with Gasteiger partial charge in [0.05, 0.1) is 27.4 Å². The number of hydrogen-bond acceptors (Lipinski definition) is 4. The van der Waals surface area contributed by atoms with Crippen molar-refractivity contribution in [3.63, 3.8) is 0 Å². The zero-order valence-electron chi connectivity index (χ0n) is 18.4. The van der Waals surface area contributed by atoms with E-state index in [1.54, 1.807) is 21.3 Å². The first-order valence-electron chi connectivity index (χ1n) is 10.7. The van der Waals surface area contributed by atoms with Crippen LogP contribution in [0, 0.1) is 5.92 Å². The normalized spacial score (nSPS) is 20.4. The second kappa shape index (κ2) is 7.49. The molecular weight excluding hydrogens is 390 g/mol. The highest BCUT2D eigenvalue weighted by atomic mass is 16.5. The van der Waals surface area contributed by atoms with Crippen LogP contribution in [0.2, 0.25) is 0 Å². The van der Waals surface area contributed by atoms with Crippen LogP contribution in [-0.2, 0) is 17.8 Å². The standard InChI is InChI=1S/C26H27NO4/c1-15-5-6-16-10-19-21-12-24(30-3)25(31-4)13-22(21)20-11-17(29-2)7-8-18(20)23(19)14-27(16)26(28)9-15/h5-8,11-13,15-16H,9-10,14H2,1-4H3/t15?,16-/m1/s1. The molecule has 5 rings (SSSR count). The van der Waals surface area contributed by atoms with Gasteiger partial charge in [0.1, 0.15) is 5.75 Å². The van der Waals surface area contributed by atoms with E-state index in [-0.39, 0.29) is 17.9 Å². The molecule has 2 aliphatic heterocycles. The number of methoxy groups -OCH3 is 3. The number of nitrogens with zero attached hydrogens (tertiary/aromatic N) is 1. The minimum Gasteiger partial charge on any atom is -0.497 e. The van der Waals surface area contributed by atoms with E-state index in [0.717, 1.165) is 33.7 Å². The van der Waals surface area contributed by atoms with Crippen LogP contribution < -0.4 is 14.2 Å². The van der Waals surface area contributed by atoms with E-state index in [9.17, 15) is 4.79 Å². The van der Waals surface area contributed by atoms with Gasteiger partial charge < -0.3 is 19.1 Å². The molecule has 0 saturated carbocycles. The van der Waals surface area contributed by atoms with Crippen molar-refractivity contribution < 1.29 is 19.0 Å². The van der Waals surface area contributed by atoms with Gasteiger partial charge in [-0.1, -0.05) is 25.1 Å². The summed E-state index contributed by atoms with van der Waals surface area (Å²) in [6.07, 6.45) is 5.75. The largest absolute Gasteiger partial charge is 0.497 e. The predicted octanol–water partition coefficient (Wildman–Crippen LogP) is 4.87. The third-order valence-corrected chi connectivity index (χ3v) is 6.68. The summed E-state index contributed by atoms with van der Waals surface area (Å²) in [5.74, 6) is 2.71. The van der Waals surface area contributed by atoms with Crippen LogP contribution in [0.5, 0.6) is 17.2 Å². The molecule has 0 spiro atoms. The lowest BCUT2D eigenvalue weighted by Gasteiger charge is -2.36. The average Bonchev–Trinajstić information content (AvgIpc) is 2.94. The molecule has 1 unspecified atom stereocenters. The Hall–Kier alpha value is -3.21. The van der Waals surface area contributed by atoms with Crippen molar-refractivity contribution in [1.82, 2.24) is 4.90 Å². The first kappa shape index (κ1) is 19.7. The van der Waals surface area contributed by atoms with Crippen molar-refractivity contribution in [1.29, 1.82) is 0 Å². The maximum Gasteiger partial charge on any atom is 0.223 e. The number of allylic oxidation sites excluding steroid dienone is 1. The summed E-state index contributed by atoms with van der Waals surface area (Å²) in [5.41, 5.74) is 2.49. The fraction of sp³-hybridized carbons (Fsp3) is 0.346. The van der Waals surface area contributed by atoms with Gasteiger partial charge in [0.15, 0.2) is 11.5 Å². The molecule has 0 radical (unpaired) electrons. The molecule has 0 aliphatic carbocycles. The lowest BCUT2D eigenvalue weighted by Crippen LogP contribution is -2.42. The Kier molecular flexibility index (Phi) is 4.77. The van der Waals surface area contributed by atoms with Gasteiger partial charge in [-0.3, -0.25) is 4.79 Å². The second-order valence-corrected chi connectivity index (χ2v) is 8.48. The summed E-state index contributed by atoms with van der Waals surface area (Å²) in [5, 5.41) is 4.50. The van der Waals surface area contributed by atoms with Gasteiger partial charge in [-0.05, 0) is 69.3 Å². The van der Waals surface area contributed by atoms with Crippen LogP contribution in [0.1, 0.15) is 24.5 Å². The SMILES string of the molecule is COc1ccc2c3c(c4cc(OC)c(OC)cc4c2c1)C[C@H]1C=CC(C)CC(=O)N1C3. The number of carbonyl (C=O) groups is 1. The summed E-state index contributed by atoms with van der Waals surface area (Å²) in [7, 11) is 5.00. The maximum absolute atomic E-state index is 13.0. The number of carbonyl (C=O) groups excluding carboxylic acids is 1. The Morgan fingerprint density at radius 2 is 1.52 bits per heavy atom. The highest BCUT2D eigenvalue weighted by Gasteiger charge is 2.33. The molecule has 2 heterocycles. The number of hydrogen-bond donors (Lipinski definition) is 0. The monoisotopic (exact) mass is 417 g/mol. The molecule has 5 heteroatoms. The van der Waals surface area contributed by atoms with Crippen LogP contribution in [-0.4, -0.2) is 38.2 Å². The van der Waals surface area contributed by atoms with Gasteiger partial charge in [0.2, 0.25) is 5.91 Å². The fourth-order valence-corrected chi connectivity index (χ4v) is 5.06. The Labute approximate surface area is 182 Å². The molecular formula is C26H27NO4. The molecule has 5 nitrogen and oxygen atoms in total. The maximum atomic E-state index is 13.0. The lowest BCUT2D eigenvalue weighted by atomic mass is 9.84. The van der Waals surface area contributed by atoms with Crippen LogP contribution in [0.3, 0.4) is 0 Å². The fourth-order valence-electron chi connectivity index (χ4n) is 5.06. The molecule has 0 saturated heterocycles. The third-order valence-electron chi connectivity index (χ3n) is 6.68. The number of ether oxygens (including phenoxy) is 3. The van der Waals surface area contributed by atoms with E-state index in [1.807, 2.05) is 11.0 Å². The Balaban J connectivity index is 1.83. The zero-order chi connectivity index (χ0) is 21.7. The second-order valence-electron chi connectivity index (χ2n) is 8.48. The van der Waals surface area contributed by atoms with Gasteiger partial charge in [-0.25, -0.2) is 0 Å². The molecule has 2 aliphatic rings. The van der Waals surface area contributed by atoms with Crippen LogP contribution in [0.15, 0.2) is 42.5 Å². The van der Waals surface area contributed by atoms with Crippen molar-refractivity contribution in [3.8, 4) is 17.2 Å². The molecule has 0 aromatic heterocycles. The first-order chi connectivity index (χ1) is 15.0. The Morgan fingerprint density at radius 3 is 2.23 bits per heavy atom. The highest BCUT2D eigenvalue weighted by molar-refractivity contribution is 6.12. The van der Waals surface area contributed by atoms with Crippen molar-refractivity contribution in [2.24, 2.45) is 5.92 Å². The zero-order valence-corrected chi connectivity index (χ0v) is 18.4. The van der Waals surface area contributed by atoms with E-state index in [4.69, 9.17) is 14.2 Å². The molecule has 3 aromatic carbocycles. The Morgan fingerprint density at radius 1 is 0.806 bits per heavy atom. The summed E-state index contributed by atoms with van der Waals surface area (Å²) >= 11 is 0. The molecule has 1 amide bonds. The van der Waals surface area contributed by atoms with E-state index in [2.05, 4.69) is 43.3 Å². The third kappa shape index (κ3) is 3.11. The number of benzene rings is 3. The van der Waals surface area contributed by atoms with E-state index >= 15 is 0 Å². The number of amides is 1. The van der Waals surface area contributed by atoms with Gasteiger partial charge in [-0.2, -0.15) is 0 Å². The van der Waals surface area contributed by atoms with Crippen molar-refractivity contribution >= 4 is 27.5 Å². The van der Waals surface area contributed by atoms with Crippen LogP contribution in [0.4, 0.5) is 0 Å². The Bertz CT molecular complexity index is 1230. The minimum atomic E-state index is 0.0805. The van der Waals surface area contributed by atoms with Gasteiger partial charge in [0.25, 0.3) is 0 Å². The highest BCUT2D eigenvalue weighted by Crippen LogP contribution is 2.43. The van der Waals surface area contributed by atoms with Crippen molar-refractivity contribution in [2.45, 2.75) is 32.4 Å². The van der Waals surface area contributed by atoms with Crippen LogP contribution in [0.25, 0.3) is 21.5 Å². The summed E-state index contributed by atoms with van der Waals surface area (Å²) in [6, 6.07) is 10.4. The van der Waals surface area contributed by atoms with E-state index < -0.39 is 0 Å². The number of rotatable bonds is 3. The van der Waals surface area contributed by atoms with E-state index in [0.29, 0.717) is 24.5 Å². The van der Waals surface area contributed by atoms with Gasteiger partial charge >= 0.3 is 0 Å². The molecule has 2 atom stereocenters. The van der Waals surface area contributed by atoms with Crippen molar-refractivity contribution in [2.75, 3.05) is 21.3 Å². The first-order valence-corrected chi connectivity index (χ1v) is 10.7. The average molecular weight is 418 g/mol. The molecule has 31 heavy (non-hydrogen) atoms. The van der Waals surface area contributed by atoms with Crippen LogP contribution >= 0.6 is 0 Å². The molecule has 0 bridgehead atoms. The van der Waals surface area contributed by atoms with Gasteiger partial charge in [-0.15, -0.1) is 0 Å². The molecule has 160 valence electrons. The topological polar surface area (TPSA) is 48.0 Å². The quantitative estimate of drug-likeness (QED) is 0.451. The smallest absolute Gasteiger partial charge is 0.223 e. The van der Waals surface area contributed by atoms with E-state index in [1.165, 1.54) is 11.1 Å². The summed E-state index contributed by atoms with van der Waals surface area (Å²) in [6.45, 7) is 2.72. The molecule has 0 fully saturated rings. The predicted molar refractivity (Wildman–Crippen MR) is 122 cm³/mol. The molecule has 3 aromatic rings. The summed E-state index contributed by atoms with van der Waals surface area (Å²) in [4.78, 5) is 15.0. The summed E-state index contributed by atoms with van der Waals surface area (Å²) < 4.78 is 16.7. The minimum absolute atomic E-state index is 0.0805. The van der Waals surface area contributed by atoms with Gasteiger partial charge in [0, 0.05) is 13.0 Å². The van der Waals surface area contributed by atoms with Crippen molar-refractivity contribution in [3.05, 3.63) is 53.6 Å². The lowest BCUT2D eigenvalue weighted by molar-refractivity contribution is -0.133. The number of fused-ring (bicyclic) bond motifs is 7. The molecule has 0 N–H and O–H groups in total.